The minimum atomic E-state index is -0.759. The van der Waals surface area contributed by atoms with Crippen molar-refractivity contribution in [1.82, 2.24) is 0 Å². The number of carbonyl (C=O) groups is 3. The minimum absolute atomic E-state index is 0.0631. The van der Waals surface area contributed by atoms with Crippen LogP contribution in [0.15, 0.2) is 0 Å². The molecule has 0 aliphatic carbocycles. The molecule has 0 heterocycles. The van der Waals surface area contributed by atoms with E-state index >= 15 is 0 Å². The molecule has 0 amide bonds. The summed E-state index contributed by atoms with van der Waals surface area (Å²) in [6.07, 6.45) is 45.1. The zero-order valence-electron chi connectivity index (χ0n) is 38.1. The van der Waals surface area contributed by atoms with Crippen molar-refractivity contribution in [2.75, 3.05) is 13.2 Å². The second-order valence-electron chi connectivity index (χ2n) is 17.6. The highest BCUT2D eigenvalue weighted by Gasteiger charge is 2.19. The Labute approximate surface area is 348 Å². The van der Waals surface area contributed by atoms with E-state index in [1.165, 1.54) is 173 Å². The largest absolute Gasteiger partial charge is 0.462 e. The van der Waals surface area contributed by atoms with Gasteiger partial charge in [0.25, 0.3) is 0 Å². The lowest BCUT2D eigenvalue weighted by atomic mass is 10.0. The molecule has 0 rings (SSSR count). The summed E-state index contributed by atoms with van der Waals surface area (Å²) >= 11 is 0. The summed E-state index contributed by atoms with van der Waals surface area (Å²) < 4.78 is 16.8. The van der Waals surface area contributed by atoms with Crippen LogP contribution in [0, 0.1) is 5.92 Å². The van der Waals surface area contributed by atoms with Crippen LogP contribution in [0.4, 0.5) is 0 Å². The number of ether oxygens (including phenoxy) is 3. The molecular formula is C50H96O6. The topological polar surface area (TPSA) is 78.9 Å². The van der Waals surface area contributed by atoms with Gasteiger partial charge in [0, 0.05) is 19.3 Å². The van der Waals surface area contributed by atoms with Crippen LogP contribution in [0.1, 0.15) is 278 Å². The zero-order valence-corrected chi connectivity index (χ0v) is 38.1. The normalized spacial score (nSPS) is 11.9. The van der Waals surface area contributed by atoms with Gasteiger partial charge >= 0.3 is 17.9 Å². The summed E-state index contributed by atoms with van der Waals surface area (Å²) in [5, 5.41) is 0. The summed E-state index contributed by atoms with van der Waals surface area (Å²) in [4.78, 5) is 37.8. The SMILES string of the molecule is CCCCCCCCCCCCCCC(=O)OC[C@@H](COC(=O)CCCCCCCCCCCCCCCC(C)C)OC(=O)CCCCCCCCCCCC. The molecule has 0 aromatic heterocycles. The van der Waals surface area contributed by atoms with E-state index < -0.39 is 6.10 Å². The monoisotopic (exact) mass is 793 g/mol. The third-order valence-electron chi connectivity index (χ3n) is 11.3. The predicted octanol–water partition coefficient (Wildman–Crippen LogP) is 15.9. The first-order valence-electron chi connectivity index (χ1n) is 24.9. The smallest absolute Gasteiger partial charge is 0.306 e. The van der Waals surface area contributed by atoms with Crippen molar-refractivity contribution in [3.63, 3.8) is 0 Å². The maximum absolute atomic E-state index is 12.7. The molecule has 0 saturated heterocycles. The van der Waals surface area contributed by atoms with Crippen molar-refractivity contribution in [3.8, 4) is 0 Å². The van der Waals surface area contributed by atoms with Gasteiger partial charge in [0.1, 0.15) is 13.2 Å². The molecule has 0 bridgehead atoms. The molecule has 0 radical (unpaired) electrons. The van der Waals surface area contributed by atoms with Crippen LogP contribution in [-0.4, -0.2) is 37.2 Å². The Morgan fingerprint density at radius 3 is 0.875 bits per heavy atom. The number of carbonyl (C=O) groups excluding carboxylic acids is 3. The van der Waals surface area contributed by atoms with Gasteiger partial charge in [-0.25, -0.2) is 0 Å². The fourth-order valence-corrected chi connectivity index (χ4v) is 7.51. The van der Waals surface area contributed by atoms with Crippen molar-refractivity contribution in [1.29, 1.82) is 0 Å². The number of unbranched alkanes of at least 4 members (excludes halogenated alkanes) is 32. The molecule has 0 aliphatic rings. The van der Waals surface area contributed by atoms with Gasteiger partial charge in [-0.3, -0.25) is 14.4 Å². The summed E-state index contributed by atoms with van der Waals surface area (Å²) in [6, 6.07) is 0. The van der Waals surface area contributed by atoms with E-state index in [4.69, 9.17) is 14.2 Å². The molecule has 0 spiro atoms. The maximum Gasteiger partial charge on any atom is 0.306 e. The molecule has 0 N–H and O–H groups in total. The second-order valence-corrected chi connectivity index (χ2v) is 17.6. The first-order valence-corrected chi connectivity index (χ1v) is 24.9. The van der Waals surface area contributed by atoms with Gasteiger partial charge in [-0.15, -0.1) is 0 Å². The van der Waals surface area contributed by atoms with Crippen LogP contribution in [0.2, 0.25) is 0 Å². The van der Waals surface area contributed by atoms with Crippen LogP contribution >= 0.6 is 0 Å². The van der Waals surface area contributed by atoms with E-state index in [2.05, 4.69) is 27.7 Å². The Morgan fingerprint density at radius 2 is 0.589 bits per heavy atom. The highest BCUT2D eigenvalue weighted by Crippen LogP contribution is 2.17. The molecule has 56 heavy (non-hydrogen) atoms. The molecule has 332 valence electrons. The first-order chi connectivity index (χ1) is 27.4. The van der Waals surface area contributed by atoms with Crippen LogP contribution in [-0.2, 0) is 28.6 Å². The lowest BCUT2D eigenvalue weighted by Crippen LogP contribution is -2.30. The highest BCUT2D eigenvalue weighted by molar-refractivity contribution is 5.71. The van der Waals surface area contributed by atoms with Crippen LogP contribution < -0.4 is 0 Å². The Balaban J connectivity index is 4.27. The van der Waals surface area contributed by atoms with Gasteiger partial charge in [-0.1, -0.05) is 240 Å². The van der Waals surface area contributed by atoms with Gasteiger partial charge in [-0.2, -0.15) is 0 Å². The van der Waals surface area contributed by atoms with Crippen LogP contribution in [0.25, 0.3) is 0 Å². The number of rotatable bonds is 45. The van der Waals surface area contributed by atoms with E-state index in [1.807, 2.05) is 0 Å². The third kappa shape index (κ3) is 43.5. The van der Waals surface area contributed by atoms with Gasteiger partial charge in [0.05, 0.1) is 0 Å². The zero-order chi connectivity index (χ0) is 41.0. The first kappa shape index (κ1) is 54.4. The Kier molecular flexibility index (Phi) is 43.2. The standard InChI is InChI=1S/C50H96O6/c1-5-7-9-11-13-15-17-22-26-29-33-37-41-48(51)54-44-47(56-50(53)43-39-35-31-25-16-14-12-10-8-6-2)45-55-49(52)42-38-34-30-27-23-20-18-19-21-24-28-32-36-40-46(3)4/h46-47H,5-45H2,1-4H3/t47-/m0/s1. The lowest BCUT2D eigenvalue weighted by Gasteiger charge is -2.18. The molecule has 1 atom stereocenters. The molecule has 6 nitrogen and oxygen atoms in total. The number of hydrogen-bond donors (Lipinski definition) is 0. The van der Waals surface area contributed by atoms with Crippen molar-refractivity contribution in [3.05, 3.63) is 0 Å². The summed E-state index contributed by atoms with van der Waals surface area (Å²) in [5.41, 5.74) is 0. The Morgan fingerprint density at radius 1 is 0.339 bits per heavy atom. The van der Waals surface area contributed by atoms with Gasteiger partial charge < -0.3 is 14.2 Å². The fraction of sp³-hybridized carbons (Fsp3) is 0.940. The van der Waals surface area contributed by atoms with Crippen molar-refractivity contribution >= 4 is 17.9 Å². The second kappa shape index (κ2) is 44.5. The fourth-order valence-electron chi connectivity index (χ4n) is 7.51. The number of esters is 3. The molecule has 0 aromatic carbocycles. The molecule has 0 unspecified atom stereocenters. The molecule has 0 aliphatic heterocycles. The van der Waals surface area contributed by atoms with Crippen LogP contribution in [0.3, 0.4) is 0 Å². The van der Waals surface area contributed by atoms with Gasteiger partial charge in [0.2, 0.25) is 0 Å². The van der Waals surface area contributed by atoms with E-state index in [0.717, 1.165) is 63.7 Å². The minimum Gasteiger partial charge on any atom is -0.462 e. The van der Waals surface area contributed by atoms with Crippen molar-refractivity contribution < 1.29 is 28.6 Å². The molecular weight excluding hydrogens is 697 g/mol. The summed E-state index contributed by atoms with van der Waals surface area (Å²) in [5.74, 6) is -0.00884. The lowest BCUT2D eigenvalue weighted by molar-refractivity contribution is -0.167. The van der Waals surface area contributed by atoms with E-state index in [1.54, 1.807) is 0 Å². The van der Waals surface area contributed by atoms with E-state index in [-0.39, 0.29) is 31.1 Å². The molecule has 0 fully saturated rings. The quantitative estimate of drug-likeness (QED) is 0.0347. The van der Waals surface area contributed by atoms with Gasteiger partial charge in [-0.05, 0) is 25.2 Å². The Bertz CT molecular complexity index is 841. The predicted molar refractivity (Wildman–Crippen MR) is 238 cm³/mol. The average Bonchev–Trinajstić information content (AvgIpc) is 3.18. The van der Waals surface area contributed by atoms with Gasteiger partial charge in [0.15, 0.2) is 6.10 Å². The third-order valence-corrected chi connectivity index (χ3v) is 11.3. The van der Waals surface area contributed by atoms with E-state index in [9.17, 15) is 14.4 Å². The van der Waals surface area contributed by atoms with Crippen molar-refractivity contribution in [2.24, 2.45) is 5.92 Å². The summed E-state index contributed by atoms with van der Waals surface area (Å²) in [7, 11) is 0. The Hall–Kier alpha value is -1.59. The average molecular weight is 793 g/mol. The molecule has 0 saturated carbocycles. The molecule has 0 aromatic rings. The van der Waals surface area contributed by atoms with Crippen molar-refractivity contribution in [2.45, 2.75) is 284 Å². The summed E-state index contributed by atoms with van der Waals surface area (Å²) in [6.45, 7) is 9.01. The van der Waals surface area contributed by atoms with E-state index in [0.29, 0.717) is 19.3 Å². The molecule has 6 heteroatoms. The maximum atomic E-state index is 12.7. The number of hydrogen-bond acceptors (Lipinski definition) is 6. The van der Waals surface area contributed by atoms with Crippen LogP contribution in [0.5, 0.6) is 0 Å². The highest BCUT2D eigenvalue weighted by atomic mass is 16.6.